The fraction of sp³-hybridized carbons (Fsp3) is 0.222. The average molecular weight is 331 g/mol. The van der Waals surface area contributed by atoms with Crippen molar-refractivity contribution in [3.63, 3.8) is 0 Å². The fourth-order valence-electron chi connectivity index (χ4n) is 2.03. The number of benzene rings is 2. The van der Waals surface area contributed by atoms with Gasteiger partial charge < -0.3 is 15.2 Å². The molecule has 0 fully saturated rings. The highest BCUT2D eigenvalue weighted by Crippen LogP contribution is 2.19. The van der Waals surface area contributed by atoms with E-state index in [1.165, 1.54) is 31.2 Å². The third-order valence-corrected chi connectivity index (χ3v) is 3.41. The van der Waals surface area contributed by atoms with E-state index < -0.39 is 18.0 Å². The minimum absolute atomic E-state index is 0.00758. The van der Waals surface area contributed by atoms with Gasteiger partial charge in [0.1, 0.15) is 17.1 Å². The van der Waals surface area contributed by atoms with Crippen molar-refractivity contribution in [2.75, 3.05) is 0 Å². The van der Waals surface area contributed by atoms with E-state index in [-0.39, 0.29) is 23.7 Å². The Hall–Kier alpha value is -2.89. The highest BCUT2D eigenvalue weighted by Gasteiger charge is 2.20. The van der Waals surface area contributed by atoms with Gasteiger partial charge in [0.2, 0.25) is 0 Å². The maximum absolute atomic E-state index is 12.8. The van der Waals surface area contributed by atoms with Gasteiger partial charge in [-0.25, -0.2) is 9.18 Å². The number of ether oxygens (including phenoxy) is 1. The number of esters is 1. The third-order valence-electron chi connectivity index (χ3n) is 3.41. The Morgan fingerprint density at radius 1 is 1.21 bits per heavy atom. The summed E-state index contributed by atoms with van der Waals surface area (Å²) in [6, 6.07) is 10.2. The van der Waals surface area contributed by atoms with E-state index in [1.54, 1.807) is 25.1 Å². The molecule has 1 amide bonds. The molecule has 0 aromatic heterocycles. The summed E-state index contributed by atoms with van der Waals surface area (Å²) in [5.74, 6) is -1.82. The molecule has 0 bridgehead atoms. The summed E-state index contributed by atoms with van der Waals surface area (Å²) in [6.07, 6.45) is -1.03. The van der Waals surface area contributed by atoms with Gasteiger partial charge >= 0.3 is 5.97 Å². The first-order valence-electron chi connectivity index (χ1n) is 7.39. The number of amides is 1. The molecule has 1 atom stereocenters. The predicted molar refractivity (Wildman–Crippen MR) is 86.0 cm³/mol. The molecule has 2 rings (SSSR count). The number of hydrogen-bond donors (Lipinski definition) is 2. The molecule has 0 saturated heterocycles. The van der Waals surface area contributed by atoms with Crippen LogP contribution in [0.4, 0.5) is 4.39 Å². The normalized spacial score (nSPS) is 11.6. The van der Waals surface area contributed by atoms with Gasteiger partial charge in [0.15, 0.2) is 6.10 Å². The highest BCUT2D eigenvalue weighted by atomic mass is 19.1. The zero-order valence-corrected chi connectivity index (χ0v) is 13.4. The number of halogens is 1. The monoisotopic (exact) mass is 331 g/mol. The van der Waals surface area contributed by atoms with Crippen molar-refractivity contribution in [3.05, 3.63) is 65.0 Å². The van der Waals surface area contributed by atoms with Crippen LogP contribution in [0.15, 0.2) is 42.5 Å². The Balaban J connectivity index is 1.92. The second-order valence-electron chi connectivity index (χ2n) is 5.41. The maximum Gasteiger partial charge on any atom is 0.342 e. The van der Waals surface area contributed by atoms with Crippen LogP contribution < -0.4 is 5.32 Å². The van der Waals surface area contributed by atoms with E-state index in [1.807, 2.05) is 0 Å². The molecule has 0 aliphatic rings. The largest absolute Gasteiger partial charge is 0.507 e. The summed E-state index contributed by atoms with van der Waals surface area (Å²) < 4.78 is 17.9. The number of aromatic hydroxyl groups is 1. The summed E-state index contributed by atoms with van der Waals surface area (Å²) >= 11 is 0. The maximum atomic E-state index is 12.8. The second-order valence-corrected chi connectivity index (χ2v) is 5.41. The quantitative estimate of drug-likeness (QED) is 0.826. The molecule has 0 radical (unpaired) electrons. The van der Waals surface area contributed by atoms with Crippen LogP contribution in [0.2, 0.25) is 0 Å². The third kappa shape index (κ3) is 4.55. The minimum Gasteiger partial charge on any atom is -0.507 e. The molecule has 126 valence electrons. The van der Waals surface area contributed by atoms with E-state index in [2.05, 4.69) is 5.32 Å². The van der Waals surface area contributed by atoms with Crippen LogP contribution in [0.1, 0.15) is 28.4 Å². The molecule has 0 heterocycles. The summed E-state index contributed by atoms with van der Waals surface area (Å²) in [4.78, 5) is 24.0. The standard InChI is InChI=1S/C18H18FNO4/c1-11-3-8-16(21)15(9-11)18(23)24-12(2)17(22)20-10-13-4-6-14(19)7-5-13/h3-9,12,21H,10H2,1-2H3,(H,20,22)/t12-/m0/s1. The molecular weight excluding hydrogens is 313 g/mol. The number of phenolic OH excluding ortho intramolecular Hbond substituents is 1. The lowest BCUT2D eigenvalue weighted by molar-refractivity contribution is -0.129. The molecule has 6 heteroatoms. The molecule has 2 aromatic carbocycles. The van der Waals surface area contributed by atoms with Crippen LogP contribution >= 0.6 is 0 Å². The van der Waals surface area contributed by atoms with Crippen molar-refractivity contribution < 1.29 is 23.8 Å². The first-order valence-corrected chi connectivity index (χ1v) is 7.39. The smallest absolute Gasteiger partial charge is 0.342 e. The Morgan fingerprint density at radius 3 is 2.54 bits per heavy atom. The van der Waals surface area contributed by atoms with Gasteiger partial charge in [0, 0.05) is 6.54 Å². The molecule has 0 unspecified atom stereocenters. The SMILES string of the molecule is Cc1ccc(O)c(C(=O)O[C@@H](C)C(=O)NCc2ccc(F)cc2)c1. The lowest BCUT2D eigenvalue weighted by atomic mass is 10.1. The molecule has 24 heavy (non-hydrogen) atoms. The second kappa shape index (κ2) is 7.59. The van der Waals surface area contributed by atoms with Crippen LogP contribution in [0.5, 0.6) is 5.75 Å². The van der Waals surface area contributed by atoms with Crippen molar-refractivity contribution in [3.8, 4) is 5.75 Å². The van der Waals surface area contributed by atoms with Crippen LogP contribution in [0.3, 0.4) is 0 Å². The first kappa shape index (κ1) is 17.5. The van der Waals surface area contributed by atoms with Gasteiger partial charge in [0.25, 0.3) is 5.91 Å². The summed E-state index contributed by atoms with van der Waals surface area (Å²) in [5.41, 5.74) is 1.51. The van der Waals surface area contributed by atoms with E-state index in [0.29, 0.717) is 0 Å². The van der Waals surface area contributed by atoms with Gasteiger partial charge in [0.05, 0.1) is 0 Å². The van der Waals surface area contributed by atoms with Crippen LogP contribution in [-0.4, -0.2) is 23.1 Å². The number of aryl methyl sites for hydroxylation is 1. The molecule has 2 N–H and O–H groups in total. The van der Waals surface area contributed by atoms with E-state index in [4.69, 9.17) is 4.74 Å². The highest BCUT2D eigenvalue weighted by molar-refractivity contribution is 5.94. The number of phenols is 1. The predicted octanol–water partition coefficient (Wildman–Crippen LogP) is 2.70. The zero-order valence-electron chi connectivity index (χ0n) is 13.4. The minimum atomic E-state index is -1.03. The van der Waals surface area contributed by atoms with Gasteiger partial charge in [-0.1, -0.05) is 23.8 Å². The van der Waals surface area contributed by atoms with Crippen molar-refractivity contribution in [2.45, 2.75) is 26.5 Å². The van der Waals surface area contributed by atoms with E-state index >= 15 is 0 Å². The Labute approximate surface area is 139 Å². The first-order chi connectivity index (χ1) is 11.4. The van der Waals surface area contributed by atoms with E-state index in [9.17, 15) is 19.1 Å². The fourth-order valence-corrected chi connectivity index (χ4v) is 2.03. The average Bonchev–Trinajstić information content (AvgIpc) is 2.56. The van der Waals surface area contributed by atoms with Crippen LogP contribution in [0, 0.1) is 12.7 Å². The molecule has 0 aliphatic carbocycles. The Morgan fingerprint density at radius 2 is 1.88 bits per heavy atom. The summed E-state index contributed by atoms with van der Waals surface area (Å²) in [7, 11) is 0. The molecule has 0 spiro atoms. The lowest BCUT2D eigenvalue weighted by Crippen LogP contribution is -2.35. The van der Waals surface area contributed by atoms with Gasteiger partial charge in [-0.3, -0.25) is 4.79 Å². The number of nitrogens with one attached hydrogen (secondary N) is 1. The van der Waals surface area contributed by atoms with E-state index in [0.717, 1.165) is 11.1 Å². The molecule has 5 nitrogen and oxygen atoms in total. The van der Waals surface area contributed by atoms with Gasteiger partial charge in [-0.05, 0) is 43.7 Å². The van der Waals surface area contributed by atoms with Crippen LogP contribution in [0.25, 0.3) is 0 Å². The summed E-state index contributed by atoms with van der Waals surface area (Å²) in [5, 5.41) is 12.3. The van der Waals surface area contributed by atoms with Gasteiger partial charge in [-0.15, -0.1) is 0 Å². The summed E-state index contributed by atoms with van der Waals surface area (Å²) in [6.45, 7) is 3.40. The molecule has 2 aromatic rings. The Kier molecular flexibility index (Phi) is 5.52. The van der Waals surface area contributed by atoms with Crippen molar-refractivity contribution in [1.82, 2.24) is 5.32 Å². The Bertz CT molecular complexity index is 743. The molecule has 0 saturated carbocycles. The van der Waals surface area contributed by atoms with Gasteiger partial charge in [-0.2, -0.15) is 0 Å². The molecule has 0 aliphatic heterocycles. The van der Waals surface area contributed by atoms with Crippen molar-refractivity contribution in [2.24, 2.45) is 0 Å². The topological polar surface area (TPSA) is 75.6 Å². The number of carbonyl (C=O) groups excluding carboxylic acids is 2. The lowest BCUT2D eigenvalue weighted by Gasteiger charge is -2.14. The van der Waals surface area contributed by atoms with Crippen LogP contribution in [-0.2, 0) is 16.1 Å². The molecular formula is C18H18FNO4. The van der Waals surface area contributed by atoms with Crippen molar-refractivity contribution in [1.29, 1.82) is 0 Å². The number of hydrogen-bond acceptors (Lipinski definition) is 4. The van der Waals surface area contributed by atoms with Crippen molar-refractivity contribution >= 4 is 11.9 Å². The number of rotatable bonds is 5. The zero-order chi connectivity index (χ0) is 17.7. The number of carbonyl (C=O) groups is 2.